The van der Waals surface area contributed by atoms with Crippen molar-refractivity contribution in [3.63, 3.8) is 0 Å². The Labute approximate surface area is 88.3 Å². The summed E-state index contributed by atoms with van der Waals surface area (Å²) >= 11 is 0. The van der Waals surface area contributed by atoms with Gasteiger partial charge in [-0.25, -0.2) is 9.97 Å². The van der Waals surface area contributed by atoms with Crippen LogP contribution in [-0.2, 0) is 4.79 Å². The number of aromatic nitrogens is 2. The highest BCUT2D eigenvalue weighted by molar-refractivity contribution is 5.88. The summed E-state index contributed by atoms with van der Waals surface area (Å²) in [7, 11) is 0. The van der Waals surface area contributed by atoms with Crippen molar-refractivity contribution in [3.05, 3.63) is 18.6 Å². The minimum atomic E-state index is -0.603. The van der Waals surface area contributed by atoms with Crippen LogP contribution in [0.5, 0.6) is 0 Å². The standard InChI is InChI=1S/C10H14N4O/c1-10(9(11)15)4-2-6-14(10)8-3-5-12-7-13-8/h3,5,7H,2,4,6H2,1H3,(H2,11,15). The molecule has 0 aliphatic carbocycles. The molecule has 1 amide bonds. The molecule has 0 bridgehead atoms. The van der Waals surface area contributed by atoms with E-state index in [1.165, 1.54) is 6.33 Å². The molecule has 1 aromatic rings. The summed E-state index contributed by atoms with van der Waals surface area (Å²) in [6, 6.07) is 1.80. The Kier molecular flexibility index (Phi) is 2.30. The lowest BCUT2D eigenvalue weighted by Crippen LogP contribution is -2.52. The molecule has 2 rings (SSSR count). The van der Waals surface area contributed by atoms with Crippen molar-refractivity contribution in [3.8, 4) is 0 Å². The van der Waals surface area contributed by atoms with Gasteiger partial charge < -0.3 is 10.6 Å². The fraction of sp³-hybridized carbons (Fsp3) is 0.500. The zero-order valence-corrected chi connectivity index (χ0v) is 8.68. The fourth-order valence-electron chi connectivity index (χ4n) is 2.03. The Morgan fingerprint density at radius 1 is 1.67 bits per heavy atom. The molecule has 1 saturated heterocycles. The number of anilines is 1. The van der Waals surface area contributed by atoms with Crippen molar-refractivity contribution in [2.24, 2.45) is 5.73 Å². The zero-order chi connectivity index (χ0) is 10.9. The lowest BCUT2D eigenvalue weighted by molar-refractivity contribution is -0.122. The van der Waals surface area contributed by atoms with Crippen LogP contribution in [0.3, 0.4) is 0 Å². The molecule has 1 fully saturated rings. The van der Waals surface area contributed by atoms with E-state index in [-0.39, 0.29) is 5.91 Å². The first-order valence-electron chi connectivity index (χ1n) is 4.98. The maximum Gasteiger partial charge on any atom is 0.243 e. The van der Waals surface area contributed by atoms with Gasteiger partial charge in [0.25, 0.3) is 0 Å². The summed E-state index contributed by atoms with van der Waals surface area (Å²) in [5.74, 6) is 0.474. The van der Waals surface area contributed by atoms with E-state index in [0.29, 0.717) is 0 Å². The number of rotatable bonds is 2. The number of nitrogens with zero attached hydrogens (tertiary/aromatic N) is 3. The lowest BCUT2D eigenvalue weighted by Gasteiger charge is -2.32. The Bertz CT molecular complexity index is 367. The quantitative estimate of drug-likeness (QED) is 0.756. The second-order valence-electron chi connectivity index (χ2n) is 3.96. The Morgan fingerprint density at radius 2 is 2.47 bits per heavy atom. The molecule has 1 aliphatic heterocycles. The molecule has 0 saturated carbocycles. The molecule has 1 unspecified atom stereocenters. The second kappa shape index (κ2) is 3.49. The van der Waals surface area contributed by atoms with E-state index < -0.39 is 5.54 Å². The van der Waals surface area contributed by atoms with E-state index in [1.54, 1.807) is 12.3 Å². The van der Waals surface area contributed by atoms with Gasteiger partial charge in [0.2, 0.25) is 5.91 Å². The number of hydrogen-bond donors (Lipinski definition) is 1. The largest absolute Gasteiger partial charge is 0.368 e. The van der Waals surface area contributed by atoms with Gasteiger partial charge >= 0.3 is 0 Å². The van der Waals surface area contributed by atoms with Gasteiger partial charge in [0.15, 0.2) is 0 Å². The van der Waals surface area contributed by atoms with Crippen molar-refractivity contribution in [2.45, 2.75) is 25.3 Å². The molecule has 0 aromatic carbocycles. The summed E-state index contributed by atoms with van der Waals surface area (Å²) in [5.41, 5.74) is 4.83. The van der Waals surface area contributed by atoms with Gasteiger partial charge in [0.1, 0.15) is 17.7 Å². The molecule has 1 aromatic heterocycles. The van der Waals surface area contributed by atoms with Gasteiger partial charge in [0.05, 0.1) is 0 Å². The summed E-state index contributed by atoms with van der Waals surface area (Å²) in [5, 5.41) is 0. The molecule has 0 radical (unpaired) electrons. The summed E-state index contributed by atoms with van der Waals surface area (Å²) in [4.78, 5) is 21.4. The number of amides is 1. The third-order valence-electron chi connectivity index (χ3n) is 3.01. The predicted molar refractivity (Wildman–Crippen MR) is 56.2 cm³/mol. The van der Waals surface area contributed by atoms with Crippen LogP contribution in [0.2, 0.25) is 0 Å². The Hall–Kier alpha value is -1.65. The Balaban J connectivity index is 2.34. The van der Waals surface area contributed by atoms with E-state index in [0.717, 1.165) is 25.2 Å². The molecule has 1 atom stereocenters. The highest BCUT2D eigenvalue weighted by Gasteiger charge is 2.42. The van der Waals surface area contributed by atoms with Gasteiger partial charge in [-0.1, -0.05) is 0 Å². The molecule has 0 spiro atoms. The second-order valence-corrected chi connectivity index (χ2v) is 3.96. The number of primary amides is 1. The van der Waals surface area contributed by atoms with Gasteiger partial charge in [-0.15, -0.1) is 0 Å². The van der Waals surface area contributed by atoms with Crippen LogP contribution in [0.25, 0.3) is 0 Å². The predicted octanol–water partition coefficient (Wildman–Crippen LogP) is 0.321. The topological polar surface area (TPSA) is 72.1 Å². The maximum atomic E-state index is 11.4. The van der Waals surface area contributed by atoms with E-state index in [1.807, 2.05) is 11.8 Å². The van der Waals surface area contributed by atoms with Crippen LogP contribution in [0.4, 0.5) is 5.82 Å². The molecule has 5 heteroatoms. The average Bonchev–Trinajstić information content (AvgIpc) is 2.63. The molecular formula is C10H14N4O. The van der Waals surface area contributed by atoms with E-state index in [2.05, 4.69) is 9.97 Å². The van der Waals surface area contributed by atoms with E-state index in [9.17, 15) is 4.79 Å². The summed E-state index contributed by atoms with van der Waals surface area (Å²) in [6.45, 7) is 2.68. The Morgan fingerprint density at radius 3 is 3.07 bits per heavy atom. The first kappa shape index (κ1) is 9.89. The van der Waals surface area contributed by atoms with Crippen molar-refractivity contribution in [2.75, 3.05) is 11.4 Å². The van der Waals surface area contributed by atoms with Crippen molar-refractivity contribution in [1.82, 2.24) is 9.97 Å². The van der Waals surface area contributed by atoms with Crippen LogP contribution in [0.15, 0.2) is 18.6 Å². The van der Waals surface area contributed by atoms with Crippen LogP contribution in [0, 0.1) is 0 Å². The number of carbonyl (C=O) groups excluding carboxylic acids is 1. The molecule has 2 heterocycles. The monoisotopic (exact) mass is 206 g/mol. The molecule has 1 aliphatic rings. The fourth-order valence-corrected chi connectivity index (χ4v) is 2.03. The van der Waals surface area contributed by atoms with Crippen molar-refractivity contribution < 1.29 is 4.79 Å². The van der Waals surface area contributed by atoms with Crippen LogP contribution >= 0.6 is 0 Å². The van der Waals surface area contributed by atoms with Gasteiger partial charge in [-0.05, 0) is 25.8 Å². The van der Waals surface area contributed by atoms with Crippen molar-refractivity contribution >= 4 is 11.7 Å². The maximum absolute atomic E-state index is 11.4. The average molecular weight is 206 g/mol. The van der Waals surface area contributed by atoms with Crippen LogP contribution in [0.1, 0.15) is 19.8 Å². The number of nitrogens with two attached hydrogens (primary N) is 1. The van der Waals surface area contributed by atoms with Gasteiger partial charge in [-0.2, -0.15) is 0 Å². The highest BCUT2D eigenvalue weighted by atomic mass is 16.1. The normalized spacial score (nSPS) is 25.5. The molecule has 5 nitrogen and oxygen atoms in total. The number of carbonyl (C=O) groups is 1. The first-order valence-corrected chi connectivity index (χ1v) is 4.98. The lowest BCUT2D eigenvalue weighted by atomic mass is 9.98. The van der Waals surface area contributed by atoms with Crippen LogP contribution < -0.4 is 10.6 Å². The first-order chi connectivity index (χ1) is 7.14. The van der Waals surface area contributed by atoms with Gasteiger partial charge in [-0.3, -0.25) is 4.79 Å². The van der Waals surface area contributed by atoms with Crippen molar-refractivity contribution in [1.29, 1.82) is 0 Å². The minimum Gasteiger partial charge on any atom is -0.368 e. The van der Waals surface area contributed by atoms with Crippen LogP contribution in [-0.4, -0.2) is 28.0 Å². The third-order valence-corrected chi connectivity index (χ3v) is 3.01. The minimum absolute atomic E-state index is 0.293. The molecular weight excluding hydrogens is 192 g/mol. The van der Waals surface area contributed by atoms with E-state index in [4.69, 9.17) is 5.73 Å². The highest BCUT2D eigenvalue weighted by Crippen LogP contribution is 2.32. The SMILES string of the molecule is CC1(C(N)=O)CCCN1c1ccncn1. The van der Waals surface area contributed by atoms with Gasteiger partial charge in [0, 0.05) is 12.7 Å². The third kappa shape index (κ3) is 1.54. The molecule has 15 heavy (non-hydrogen) atoms. The number of hydrogen-bond acceptors (Lipinski definition) is 4. The smallest absolute Gasteiger partial charge is 0.243 e. The zero-order valence-electron chi connectivity index (χ0n) is 8.68. The summed E-state index contributed by atoms with van der Waals surface area (Å²) in [6.07, 6.45) is 4.90. The molecule has 2 N–H and O–H groups in total. The van der Waals surface area contributed by atoms with E-state index >= 15 is 0 Å². The summed E-state index contributed by atoms with van der Waals surface area (Å²) < 4.78 is 0. The molecule has 80 valence electrons.